The van der Waals surface area contributed by atoms with Crippen LogP contribution in [0.25, 0.3) is 0 Å². The number of unbranched alkanes of at least 4 members (excludes halogenated alkanes) is 23. The third-order valence-corrected chi connectivity index (χ3v) is 10.5. The summed E-state index contributed by atoms with van der Waals surface area (Å²) in [4.78, 5) is 33.9. The van der Waals surface area contributed by atoms with Gasteiger partial charge >= 0.3 is 13.8 Å². The van der Waals surface area contributed by atoms with Crippen LogP contribution in [0.4, 0.5) is 0 Å². The molecule has 0 saturated heterocycles. The maximum atomic E-state index is 12.1. The number of esters is 1. The van der Waals surface area contributed by atoms with Crippen molar-refractivity contribution in [3.05, 3.63) is 36.5 Å². The van der Waals surface area contributed by atoms with Gasteiger partial charge in [-0.15, -0.1) is 0 Å². The number of ether oxygens (including phenoxy) is 1. The fraction of sp³-hybridized carbons (Fsp3) is 0.822. The standard InChI is InChI=1S/C45H84NO8P/c1-3-5-7-9-11-13-15-17-19-20-21-22-24-25-27-29-31-33-35-37-44(48)46-39-40-53-55(50,51)54-42-43(47)41-52-45(49)38-36-34-32-30-28-26-23-18-16-14-12-10-8-6-4-2/h11,13,17-19,23,43,47H,3-10,12,14-16,20-22,24-42H2,1-2H3,(H,46,48)(H,50,51)/b13-11-,19-17-,23-18-. The lowest BCUT2D eigenvalue weighted by atomic mass is 10.1. The van der Waals surface area contributed by atoms with Gasteiger partial charge in [-0.05, 0) is 70.6 Å². The van der Waals surface area contributed by atoms with Crippen LogP contribution in [0.3, 0.4) is 0 Å². The molecular formula is C45H84NO8P. The predicted molar refractivity (Wildman–Crippen MR) is 229 cm³/mol. The van der Waals surface area contributed by atoms with E-state index in [1.54, 1.807) is 0 Å². The second-order valence-corrected chi connectivity index (χ2v) is 16.5. The molecule has 0 rings (SSSR count). The molecule has 0 aromatic heterocycles. The van der Waals surface area contributed by atoms with Gasteiger partial charge < -0.3 is 20.1 Å². The van der Waals surface area contributed by atoms with Crippen LogP contribution in [-0.4, -0.2) is 54.3 Å². The van der Waals surface area contributed by atoms with Crippen molar-refractivity contribution in [1.29, 1.82) is 0 Å². The van der Waals surface area contributed by atoms with Gasteiger partial charge in [-0.25, -0.2) is 4.57 Å². The highest BCUT2D eigenvalue weighted by atomic mass is 31.2. The minimum absolute atomic E-state index is 0.0786. The van der Waals surface area contributed by atoms with Crippen LogP contribution in [0.1, 0.15) is 206 Å². The van der Waals surface area contributed by atoms with Crippen LogP contribution < -0.4 is 5.32 Å². The third kappa shape index (κ3) is 43.2. The Hall–Kier alpha value is -1.77. The van der Waals surface area contributed by atoms with E-state index in [1.165, 1.54) is 116 Å². The van der Waals surface area contributed by atoms with Crippen molar-refractivity contribution in [2.24, 2.45) is 0 Å². The van der Waals surface area contributed by atoms with Crippen molar-refractivity contribution in [3.8, 4) is 0 Å². The molecule has 322 valence electrons. The van der Waals surface area contributed by atoms with Crippen molar-refractivity contribution in [2.75, 3.05) is 26.4 Å². The molecule has 0 heterocycles. The summed E-state index contributed by atoms with van der Waals surface area (Å²) in [6.45, 7) is 3.52. The molecular weight excluding hydrogens is 713 g/mol. The van der Waals surface area contributed by atoms with Crippen molar-refractivity contribution in [1.82, 2.24) is 5.32 Å². The second kappa shape index (κ2) is 41.9. The number of allylic oxidation sites excluding steroid dienone is 6. The topological polar surface area (TPSA) is 131 Å². The van der Waals surface area contributed by atoms with Gasteiger partial charge in [-0.1, -0.05) is 159 Å². The molecule has 0 spiro atoms. The second-order valence-electron chi connectivity index (χ2n) is 15.0. The van der Waals surface area contributed by atoms with Gasteiger partial charge in [0.25, 0.3) is 0 Å². The summed E-state index contributed by atoms with van der Waals surface area (Å²) in [5.41, 5.74) is 0. The van der Waals surface area contributed by atoms with E-state index in [9.17, 15) is 24.2 Å². The molecule has 2 unspecified atom stereocenters. The zero-order chi connectivity index (χ0) is 40.3. The highest BCUT2D eigenvalue weighted by Gasteiger charge is 2.23. The Morgan fingerprint density at radius 3 is 1.51 bits per heavy atom. The molecule has 55 heavy (non-hydrogen) atoms. The molecule has 0 radical (unpaired) electrons. The Kier molecular flexibility index (Phi) is 40.5. The molecule has 0 fully saturated rings. The largest absolute Gasteiger partial charge is 0.472 e. The van der Waals surface area contributed by atoms with Gasteiger partial charge in [-0.3, -0.25) is 18.6 Å². The highest BCUT2D eigenvalue weighted by Crippen LogP contribution is 2.42. The Labute approximate surface area is 337 Å². The lowest BCUT2D eigenvalue weighted by molar-refractivity contribution is -0.147. The lowest BCUT2D eigenvalue weighted by Crippen LogP contribution is -2.27. The summed E-state index contributed by atoms with van der Waals surface area (Å²) in [6, 6.07) is 0. The first kappa shape index (κ1) is 53.2. The monoisotopic (exact) mass is 798 g/mol. The first-order valence-electron chi connectivity index (χ1n) is 22.5. The van der Waals surface area contributed by atoms with E-state index in [0.29, 0.717) is 6.42 Å². The normalized spacial score (nSPS) is 13.6. The Bertz CT molecular complexity index is 1000. The molecule has 3 N–H and O–H groups in total. The van der Waals surface area contributed by atoms with Crippen LogP contribution in [0.5, 0.6) is 0 Å². The summed E-state index contributed by atoms with van der Waals surface area (Å²) >= 11 is 0. The van der Waals surface area contributed by atoms with Crippen LogP contribution in [0.2, 0.25) is 0 Å². The zero-order valence-corrected chi connectivity index (χ0v) is 36.3. The summed E-state index contributed by atoms with van der Waals surface area (Å²) in [5.74, 6) is -0.527. The van der Waals surface area contributed by atoms with Gasteiger partial charge in [-0.2, -0.15) is 0 Å². The fourth-order valence-electron chi connectivity index (χ4n) is 6.11. The zero-order valence-electron chi connectivity index (χ0n) is 35.4. The molecule has 9 nitrogen and oxygen atoms in total. The van der Waals surface area contributed by atoms with Crippen LogP contribution in [-0.2, 0) is 27.9 Å². The van der Waals surface area contributed by atoms with Gasteiger partial charge in [0, 0.05) is 19.4 Å². The van der Waals surface area contributed by atoms with Gasteiger partial charge in [0.1, 0.15) is 12.7 Å². The number of nitrogens with one attached hydrogen (secondary N) is 1. The van der Waals surface area contributed by atoms with Crippen LogP contribution in [0, 0.1) is 0 Å². The van der Waals surface area contributed by atoms with Crippen molar-refractivity contribution < 1.29 is 37.9 Å². The Balaban J connectivity index is 3.60. The van der Waals surface area contributed by atoms with Crippen molar-refractivity contribution in [3.63, 3.8) is 0 Å². The number of phosphoric acid groups is 1. The maximum Gasteiger partial charge on any atom is 0.472 e. The number of carbonyl (C=O) groups excluding carboxylic acids is 2. The number of phosphoric ester groups is 1. The van der Waals surface area contributed by atoms with E-state index < -0.39 is 26.5 Å². The average Bonchev–Trinajstić information content (AvgIpc) is 3.17. The number of rotatable bonds is 42. The first-order valence-corrected chi connectivity index (χ1v) is 24.0. The minimum atomic E-state index is -4.42. The third-order valence-electron chi connectivity index (χ3n) is 9.54. The molecule has 0 aromatic rings. The van der Waals surface area contributed by atoms with E-state index in [2.05, 4.69) is 55.6 Å². The van der Waals surface area contributed by atoms with Crippen LogP contribution >= 0.6 is 7.82 Å². The van der Waals surface area contributed by atoms with Gasteiger partial charge in [0.2, 0.25) is 5.91 Å². The minimum Gasteiger partial charge on any atom is -0.463 e. The summed E-state index contributed by atoms with van der Waals surface area (Å²) < 4.78 is 26.9. The fourth-order valence-corrected chi connectivity index (χ4v) is 6.87. The van der Waals surface area contributed by atoms with E-state index in [1.807, 2.05) is 0 Å². The predicted octanol–water partition coefficient (Wildman–Crippen LogP) is 12.6. The molecule has 0 saturated carbocycles. The number of aliphatic hydroxyl groups excluding tert-OH is 1. The number of aliphatic hydroxyl groups is 1. The summed E-state index contributed by atoms with van der Waals surface area (Å²) in [7, 11) is -4.42. The Morgan fingerprint density at radius 2 is 0.982 bits per heavy atom. The smallest absolute Gasteiger partial charge is 0.463 e. The highest BCUT2D eigenvalue weighted by molar-refractivity contribution is 7.47. The average molecular weight is 798 g/mol. The number of amides is 1. The molecule has 0 aromatic carbocycles. The first-order chi connectivity index (χ1) is 26.8. The van der Waals surface area contributed by atoms with Gasteiger partial charge in [0.05, 0.1) is 13.2 Å². The maximum absolute atomic E-state index is 12.1. The Morgan fingerprint density at radius 1 is 0.564 bits per heavy atom. The summed E-state index contributed by atoms with van der Waals surface area (Å²) in [6.07, 6.45) is 46.4. The summed E-state index contributed by atoms with van der Waals surface area (Å²) in [5, 5.41) is 12.7. The molecule has 0 aliphatic heterocycles. The number of hydrogen-bond acceptors (Lipinski definition) is 7. The van der Waals surface area contributed by atoms with Crippen molar-refractivity contribution >= 4 is 19.7 Å². The number of hydrogen-bond donors (Lipinski definition) is 3. The quantitative estimate of drug-likeness (QED) is 0.0241. The van der Waals surface area contributed by atoms with E-state index >= 15 is 0 Å². The molecule has 1 amide bonds. The molecule has 2 atom stereocenters. The molecule has 0 aliphatic carbocycles. The van der Waals surface area contributed by atoms with E-state index in [4.69, 9.17) is 13.8 Å². The lowest BCUT2D eigenvalue weighted by Gasteiger charge is -2.15. The van der Waals surface area contributed by atoms with Gasteiger partial charge in [0.15, 0.2) is 0 Å². The van der Waals surface area contributed by atoms with E-state index in [-0.39, 0.29) is 32.1 Å². The van der Waals surface area contributed by atoms with Crippen molar-refractivity contribution in [2.45, 2.75) is 213 Å². The molecule has 10 heteroatoms. The van der Waals surface area contributed by atoms with Crippen LogP contribution in [0.15, 0.2) is 36.5 Å². The van der Waals surface area contributed by atoms with E-state index in [0.717, 1.165) is 64.2 Å². The SMILES string of the molecule is CCCCC/C=C\C/C=C\CCCCCCCCCCCC(=O)NCCOP(=O)(O)OCC(O)COC(=O)CCCCCCC/C=C\CCCCCCCC. The number of carbonyl (C=O) groups is 2. The molecule has 0 bridgehead atoms. The molecule has 0 aliphatic rings.